The lowest BCUT2D eigenvalue weighted by molar-refractivity contribution is 0.187. The van der Waals surface area contributed by atoms with Gasteiger partial charge in [-0.2, -0.15) is 0 Å². The Morgan fingerprint density at radius 1 is 1.15 bits per heavy atom. The van der Waals surface area contributed by atoms with Gasteiger partial charge in [-0.05, 0) is 45.6 Å². The van der Waals surface area contributed by atoms with Crippen LogP contribution >= 0.6 is 24.0 Å². The summed E-state index contributed by atoms with van der Waals surface area (Å²) in [6, 6.07) is 1.35. The van der Waals surface area contributed by atoms with Crippen molar-refractivity contribution in [1.29, 1.82) is 0 Å². The Labute approximate surface area is 178 Å². The summed E-state index contributed by atoms with van der Waals surface area (Å²) in [5.41, 5.74) is 0. The molecule has 1 aliphatic heterocycles. The summed E-state index contributed by atoms with van der Waals surface area (Å²) in [4.78, 5) is 9.93. The second-order valence-electron chi connectivity index (χ2n) is 8.29. The van der Waals surface area contributed by atoms with Gasteiger partial charge in [-0.15, -0.1) is 24.0 Å². The van der Waals surface area contributed by atoms with Crippen LogP contribution in [0.25, 0.3) is 0 Å². The lowest BCUT2D eigenvalue weighted by atomic mass is 10.0. The first-order valence-corrected chi connectivity index (χ1v) is 10.6. The van der Waals surface area contributed by atoms with Gasteiger partial charge in [0.1, 0.15) is 0 Å². The van der Waals surface area contributed by atoms with Crippen LogP contribution < -0.4 is 10.6 Å². The summed E-state index contributed by atoms with van der Waals surface area (Å²) < 4.78 is 0. The second-order valence-corrected chi connectivity index (χ2v) is 8.29. The molecule has 2 fully saturated rings. The molecule has 1 saturated heterocycles. The average Bonchev–Trinajstić information content (AvgIpc) is 3.11. The molecule has 154 valence electrons. The molecule has 2 rings (SSSR count). The largest absolute Gasteiger partial charge is 0.357 e. The first kappa shape index (κ1) is 24.0. The molecule has 1 heterocycles. The molecule has 6 heteroatoms. The molecule has 0 atom stereocenters. The summed E-state index contributed by atoms with van der Waals surface area (Å²) >= 11 is 0. The van der Waals surface area contributed by atoms with Crippen LogP contribution in [-0.4, -0.2) is 74.2 Å². The van der Waals surface area contributed by atoms with Gasteiger partial charge in [-0.3, -0.25) is 4.99 Å². The maximum atomic E-state index is 4.83. The minimum atomic E-state index is 0. The van der Waals surface area contributed by atoms with Gasteiger partial charge in [0.15, 0.2) is 5.96 Å². The van der Waals surface area contributed by atoms with E-state index in [0.717, 1.165) is 37.6 Å². The van der Waals surface area contributed by atoms with Crippen molar-refractivity contribution in [2.45, 2.75) is 71.4 Å². The Hall–Kier alpha value is -0.0800. The molecule has 2 aliphatic rings. The molecule has 0 spiro atoms. The quantitative estimate of drug-likeness (QED) is 0.319. The lowest BCUT2D eigenvalue weighted by Gasteiger charge is -2.34. The number of hydrogen-bond acceptors (Lipinski definition) is 3. The normalized spacial score (nSPS) is 20.6. The number of likely N-dealkylation sites (tertiary alicyclic amines) is 1. The molecule has 0 aromatic carbocycles. The van der Waals surface area contributed by atoms with Crippen LogP contribution in [0.5, 0.6) is 0 Å². The first-order valence-electron chi connectivity index (χ1n) is 10.6. The summed E-state index contributed by atoms with van der Waals surface area (Å²) in [5, 5.41) is 7.09. The topological polar surface area (TPSA) is 42.9 Å². The highest BCUT2D eigenvalue weighted by molar-refractivity contribution is 14.0. The minimum absolute atomic E-state index is 0. The highest BCUT2D eigenvalue weighted by Gasteiger charge is 2.21. The summed E-state index contributed by atoms with van der Waals surface area (Å²) in [5.74, 6) is 1.77. The Morgan fingerprint density at radius 2 is 1.81 bits per heavy atom. The van der Waals surface area contributed by atoms with E-state index in [9.17, 15) is 0 Å². The van der Waals surface area contributed by atoms with E-state index in [1.807, 2.05) is 0 Å². The molecule has 0 bridgehead atoms. The van der Waals surface area contributed by atoms with E-state index < -0.39 is 0 Å². The molecular weight excluding hydrogens is 437 g/mol. The Balaban J connectivity index is 0.00000338. The van der Waals surface area contributed by atoms with E-state index in [-0.39, 0.29) is 24.0 Å². The molecule has 0 amide bonds. The smallest absolute Gasteiger partial charge is 0.191 e. The van der Waals surface area contributed by atoms with Crippen LogP contribution in [0.15, 0.2) is 4.99 Å². The zero-order valence-corrected chi connectivity index (χ0v) is 19.8. The van der Waals surface area contributed by atoms with Crippen molar-refractivity contribution in [2.75, 3.05) is 46.3 Å². The van der Waals surface area contributed by atoms with Gasteiger partial charge >= 0.3 is 0 Å². The third kappa shape index (κ3) is 8.74. The minimum Gasteiger partial charge on any atom is -0.357 e. The van der Waals surface area contributed by atoms with Crippen LogP contribution in [0.2, 0.25) is 0 Å². The van der Waals surface area contributed by atoms with Gasteiger partial charge < -0.3 is 20.4 Å². The third-order valence-corrected chi connectivity index (χ3v) is 5.57. The lowest BCUT2D eigenvalue weighted by Crippen LogP contribution is -2.49. The first-order chi connectivity index (χ1) is 12.1. The van der Waals surface area contributed by atoms with Crippen molar-refractivity contribution in [3.8, 4) is 0 Å². The number of nitrogens with zero attached hydrogens (tertiary/aromatic N) is 3. The van der Waals surface area contributed by atoms with Crippen molar-refractivity contribution >= 4 is 29.9 Å². The van der Waals surface area contributed by atoms with E-state index in [1.54, 1.807) is 0 Å². The van der Waals surface area contributed by atoms with E-state index in [0.29, 0.717) is 6.04 Å². The molecule has 5 nitrogen and oxygen atoms in total. The standard InChI is InChI=1S/C20H41N5.HI/c1-5-21-20(22-12-15-24(4)19-8-6-7-9-19)23-18-10-13-25(14-11-18)16-17(2)3;/h17-19H,5-16H2,1-4H3,(H2,21,22,23);1H. The van der Waals surface area contributed by atoms with Gasteiger partial charge in [0.05, 0.1) is 6.54 Å². The SMILES string of the molecule is CCNC(=NCCN(C)C1CCCC1)NC1CCN(CC(C)C)CC1.I. The maximum Gasteiger partial charge on any atom is 0.191 e. The van der Waals surface area contributed by atoms with Gasteiger partial charge in [0.2, 0.25) is 0 Å². The van der Waals surface area contributed by atoms with Crippen molar-refractivity contribution in [3.63, 3.8) is 0 Å². The molecular formula is C20H42IN5. The zero-order chi connectivity index (χ0) is 18.1. The summed E-state index contributed by atoms with van der Waals surface area (Å²) in [6.07, 6.45) is 7.98. The number of likely N-dealkylation sites (N-methyl/N-ethyl adjacent to an activating group) is 1. The Kier molecular flexibility index (Phi) is 12.1. The second kappa shape index (κ2) is 13.2. The van der Waals surface area contributed by atoms with E-state index in [1.165, 1.54) is 58.2 Å². The number of aliphatic imine (C=N–C) groups is 1. The van der Waals surface area contributed by atoms with Crippen LogP contribution in [0.4, 0.5) is 0 Å². The predicted molar refractivity (Wildman–Crippen MR) is 124 cm³/mol. The fourth-order valence-corrected chi connectivity index (χ4v) is 4.14. The van der Waals surface area contributed by atoms with Crippen LogP contribution in [0, 0.1) is 5.92 Å². The molecule has 0 aromatic heterocycles. The molecule has 2 N–H and O–H groups in total. The van der Waals surface area contributed by atoms with Crippen molar-refractivity contribution in [1.82, 2.24) is 20.4 Å². The molecule has 0 radical (unpaired) electrons. The molecule has 26 heavy (non-hydrogen) atoms. The van der Waals surface area contributed by atoms with E-state index in [2.05, 4.69) is 48.3 Å². The van der Waals surface area contributed by atoms with Gasteiger partial charge in [0, 0.05) is 44.8 Å². The van der Waals surface area contributed by atoms with Crippen LogP contribution in [-0.2, 0) is 0 Å². The summed E-state index contributed by atoms with van der Waals surface area (Å²) in [7, 11) is 2.26. The number of hydrogen-bond donors (Lipinski definition) is 2. The zero-order valence-electron chi connectivity index (χ0n) is 17.5. The number of rotatable bonds is 8. The Morgan fingerprint density at radius 3 is 2.38 bits per heavy atom. The monoisotopic (exact) mass is 479 g/mol. The summed E-state index contributed by atoms with van der Waals surface area (Å²) in [6.45, 7) is 13.3. The number of halogens is 1. The number of guanidine groups is 1. The molecule has 1 saturated carbocycles. The Bertz CT molecular complexity index is 388. The van der Waals surface area contributed by atoms with Gasteiger partial charge in [0.25, 0.3) is 0 Å². The molecule has 1 aliphatic carbocycles. The van der Waals surface area contributed by atoms with Gasteiger partial charge in [-0.1, -0.05) is 26.7 Å². The highest BCUT2D eigenvalue weighted by Crippen LogP contribution is 2.21. The van der Waals surface area contributed by atoms with E-state index in [4.69, 9.17) is 4.99 Å². The van der Waals surface area contributed by atoms with Crippen molar-refractivity contribution < 1.29 is 0 Å². The van der Waals surface area contributed by atoms with Crippen molar-refractivity contribution in [2.24, 2.45) is 10.9 Å². The van der Waals surface area contributed by atoms with Crippen LogP contribution in [0.1, 0.15) is 59.3 Å². The van der Waals surface area contributed by atoms with E-state index >= 15 is 0 Å². The fraction of sp³-hybridized carbons (Fsp3) is 0.950. The maximum absolute atomic E-state index is 4.83. The predicted octanol–water partition coefficient (Wildman–Crippen LogP) is 3.15. The average molecular weight is 479 g/mol. The number of piperidine rings is 1. The van der Waals surface area contributed by atoms with Crippen LogP contribution in [0.3, 0.4) is 0 Å². The van der Waals surface area contributed by atoms with Gasteiger partial charge in [-0.25, -0.2) is 0 Å². The molecule has 0 aromatic rings. The van der Waals surface area contributed by atoms with Crippen molar-refractivity contribution in [3.05, 3.63) is 0 Å². The highest BCUT2D eigenvalue weighted by atomic mass is 127. The molecule has 0 unspecified atom stereocenters. The number of nitrogens with one attached hydrogen (secondary N) is 2. The fourth-order valence-electron chi connectivity index (χ4n) is 4.14. The third-order valence-electron chi connectivity index (χ3n) is 5.57.